The van der Waals surface area contributed by atoms with Gasteiger partial charge in [-0.2, -0.15) is 0 Å². The largest absolute Gasteiger partial charge is 0.381 e. The van der Waals surface area contributed by atoms with Crippen LogP contribution in [0.4, 0.5) is 0 Å². The van der Waals surface area contributed by atoms with Gasteiger partial charge in [0, 0.05) is 26.4 Å². The summed E-state index contributed by atoms with van der Waals surface area (Å²) in [5.74, 6) is -0.0341. The molecule has 0 radical (unpaired) electrons. The molecule has 0 unspecified atom stereocenters. The van der Waals surface area contributed by atoms with Crippen LogP contribution in [0.2, 0.25) is 0 Å². The molecule has 0 spiro atoms. The molecule has 0 aromatic heterocycles. The lowest BCUT2D eigenvalue weighted by Crippen LogP contribution is -1.84. The molecule has 2 fully saturated rings. The molecule has 5 heteroatoms. The van der Waals surface area contributed by atoms with Crippen LogP contribution >= 0.6 is 0 Å². The molecule has 2 aliphatic heterocycles. The maximum absolute atomic E-state index is 11.6. The van der Waals surface area contributed by atoms with Crippen molar-refractivity contribution in [3.05, 3.63) is 252 Å². The average Bonchev–Trinajstić information content (AvgIpc) is 4.17. The van der Waals surface area contributed by atoms with Crippen LogP contribution < -0.4 is 0 Å². The second-order valence-corrected chi connectivity index (χ2v) is 14.3. The van der Waals surface area contributed by atoms with Crippen LogP contribution in [-0.4, -0.2) is 43.8 Å². The van der Waals surface area contributed by atoms with Gasteiger partial charge in [0.15, 0.2) is 17.3 Å². The van der Waals surface area contributed by atoms with Crippen molar-refractivity contribution >= 4 is 53.8 Å². The van der Waals surface area contributed by atoms with Gasteiger partial charge in [-0.1, -0.05) is 218 Å². The number of carbonyl (C=O) groups excluding carboxylic acids is 3. The molecular formula is C59H58O5. The first-order valence-electron chi connectivity index (χ1n) is 21.7. The molecule has 5 nitrogen and oxygen atoms in total. The van der Waals surface area contributed by atoms with Gasteiger partial charge < -0.3 is 9.47 Å². The number of hydrogen-bond acceptors (Lipinski definition) is 5. The summed E-state index contributed by atoms with van der Waals surface area (Å²) in [6.07, 6.45) is 25.5. The highest BCUT2D eigenvalue weighted by Crippen LogP contribution is 2.07. The minimum absolute atomic E-state index is 0.0114. The summed E-state index contributed by atoms with van der Waals surface area (Å²) < 4.78 is 9.89. The third-order valence-electron chi connectivity index (χ3n) is 9.09. The van der Waals surface area contributed by atoms with Crippen molar-refractivity contribution in [3.63, 3.8) is 0 Å². The molecule has 6 aromatic carbocycles. The van der Waals surface area contributed by atoms with Crippen molar-refractivity contribution in [1.29, 1.82) is 0 Å². The summed E-state index contributed by atoms with van der Waals surface area (Å²) in [4.78, 5) is 34.8. The first-order chi connectivity index (χ1) is 31.5. The number of benzene rings is 6. The van der Waals surface area contributed by atoms with Crippen LogP contribution in [0.15, 0.2) is 218 Å². The summed E-state index contributed by atoms with van der Waals surface area (Å²) in [6, 6.07) is 58.7. The van der Waals surface area contributed by atoms with E-state index in [-0.39, 0.29) is 17.3 Å². The first kappa shape index (κ1) is 49.3. The lowest BCUT2D eigenvalue weighted by Gasteiger charge is -1.91. The highest BCUT2D eigenvalue weighted by Gasteiger charge is 1.96. The maximum Gasteiger partial charge on any atom is 0.178 e. The molecule has 2 aliphatic rings. The summed E-state index contributed by atoms with van der Waals surface area (Å²) >= 11 is 0. The van der Waals surface area contributed by atoms with Gasteiger partial charge in [-0.3, -0.25) is 14.4 Å². The van der Waals surface area contributed by atoms with E-state index in [4.69, 9.17) is 9.47 Å². The van der Waals surface area contributed by atoms with Crippen LogP contribution in [0.5, 0.6) is 0 Å². The van der Waals surface area contributed by atoms with Crippen molar-refractivity contribution in [2.45, 2.75) is 25.7 Å². The Labute approximate surface area is 380 Å². The van der Waals surface area contributed by atoms with Crippen LogP contribution in [0.1, 0.15) is 59.1 Å². The number of carbonyl (C=O) groups is 3. The fraction of sp³-hybridized carbons (Fsp3) is 0.136. The molecule has 8 rings (SSSR count). The van der Waals surface area contributed by atoms with Crippen molar-refractivity contribution < 1.29 is 23.9 Å². The highest BCUT2D eigenvalue weighted by atomic mass is 16.5. The van der Waals surface area contributed by atoms with Gasteiger partial charge in [-0.05, 0) is 95.5 Å². The van der Waals surface area contributed by atoms with Crippen molar-refractivity contribution in [2.75, 3.05) is 26.4 Å². The van der Waals surface area contributed by atoms with E-state index < -0.39 is 0 Å². The van der Waals surface area contributed by atoms with Crippen molar-refractivity contribution in [3.8, 4) is 0 Å². The molecule has 6 aromatic rings. The van der Waals surface area contributed by atoms with Gasteiger partial charge in [0.1, 0.15) is 0 Å². The zero-order chi connectivity index (χ0) is 45.0. The molecule has 0 atom stereocenters. The number of hydrogen-bond donors (Lipinski definition) is 0. The Morgan fingerprint density at radius 2 is 0.422 bits per heavy atom. The molecule has 64 heavy (non-hydrogen) atoms. The Kier molecular flexibility index (Phi) is 25.0. The normalized spacial score (nSPS) is 13.1. The summed E-state index contributed by atoms with van der Waals surface area (Å²) in [7, 11) is 0. The van der Waals surface area contributed by atoms with E-state index in [1.54, 1.807) is 36.5 Å². The van der Waals surface area contributed by atoms with Crippen LogP contribution in [0.25, 0.3) is 36.5 Å². The predicted octanol–water partition coefficient (Wildman–Crippen LogP) is 13.5. The average molecular weight is 847 g/mol. The summed E-state index contributed by atoms with van der Waals surface area (Å²) in [6.45, 7) is 4.00. The van der Waals surface area contributed by atoms with E-state index in [1.807, 2.05) is 218 Å². The van der Waals surface area contributed by atoms with Crippen LogP contribution in [-0.2, 0) is 23.9 Å². The Bertz CT molecular complexity index is 1900. The molecular weight excluding hydrogens is 789 g/mol. The fourth-order valence-corrected chi connectivity index (χ4v) is 5.64. The predicted molar refractivity (Wildman–Crippen MR) is 268 cm³/mol. The van der Waals surface area contributed by atoms with E-state index in [0.717, 1.165) is 59.8 Å². The molecule has 2 heterocycles. The smallest absolute Gasteiger partial charge is 0.178 e. The monoisotopic (exact) mass is 846 g/mol. The maximum atomic E-state index is 11.6. The number of allylic oxidation sites excluding steroid dienone is 6. The molecule has 0 amide bonds. The third-order valence-corrected chi connectivity index (χ3v) is 9.09. The molecule has 0 aliphatic carbocycles. The van der Waals surface area contributed by atoms with E-state index in [0.29, 0.717) is 0 Å². The molecule has 0 bridgehead atoms. The molecule has 2 saturated heterocycles. The first-order valence-corrected chi connectivity index (χ1v) is 21.7. The SMILES string of the molecule is C1CCOC1.C1CCOC1.O=C(C=Cc1ccccc1)C=Cc1ccccc1.O=C(C=Cc1ccccc1)C=Cc1ccccc1.O=C(C=Cc1ccccc1)C=Cc1ccccc1. The van der Waals surface area contributed by atoms with Gasteiger partial charge in [0.05, 0.1) is 0 Å². The number of ether oxygens (including phenoxy) is 2. The van der Waals surface area contributed by atoms with Gasteiger partial charge in [0.2, 0.25) is 0 Å². The molecule has 0 N–H and O–H groups in total. The summed E-state index contributed by atoms with van der Waals surface area (Å²) in [5, 5.41) is 0. The van der Waals surface area contributed by atoms with E-state index in [9.17, 15) is 14.4 Å². The Balaban J connectivity index is 0.000000189. The van der Waals surface area contributed by atoms with Crippen molar-refractivity contribution in [1.82, 2.24) is 0 Å². The van der Waals surface area contributed by atoms with E-state index in [2.05, 4.69) is 0 Å². The van der Waals surface area contributed by atoms with Gasteiger partial charge in [0.25, 0.3) is 0 Å². The Hall–Kier alpha value is -7.31. The number of rotatable bonds is 12. The molecule has 324 valence electrons. The Morgan fingerprint density at radius 3 is 0.547 bits per heavy atom. The Morgan fingerprint density at radius 1 is 0.266 bits per heavy atom. The lowest BCUT2D eigenvalue weighted by molar-refractivity contribution is -0.111. The quantitative estimate of drug-likeness (QED) is 0.115. The summed E-state index contributed by atoms with van der Waals surface area (Å²) in [5.41, 5.74) is 6.16. The zero-order valence-electron chi connectivity index (χ0n) is 36.4. The van der Waals surface area contributed by atoms with Crippen molar-refractivity contribution in [2.24, 2.45) is 0 Å². The topological polar surface area (TPSA) is 69.7 Å². The van der Waals surface area contributed by atoms with Crippen LogP contribution in [0.3, 0.4) is 0 Å². The highest BCUT2D eigenvalue weighted by molar-refractivity contribution is 6.05. The zero-order valence-corrected chi connectivity index (χ0v) is 36.4. The standard InChI is InChI=1S/3C17H14O.2C4H8O/c3*18-17(13-11-15-7-3-1-4-8-15)14-12-16-9-5-2-6-10-16;2*1-2-4-5-3-1/h3*1-14H;2*1-4H2. The van der Waals surface area contributed by atoms with E-state index >= 15 is 0 Å². The lowest BCUT2D eigenvalue weighted by atomic mass is 10.1. The minimum Gasteiger partial charge on any atom is -0.381 e. The number of ketones is 3. The second-order valence-electron chi connectivity index (χ2n) is 14.3. The minimum atomic E-state index is -0.0114. The van der Waals surface area contributed by atoms with Crippen LogP contribution in [0, 0.1) is 0 Å². The fourth-order valence-electron chi connectivity index (χ4n) is 5.64. The van der Waals surface area contributed by atoms with E-state index in [1.165, 1.54) is 25.7 Å². The van der Waals surface area contributed by atoms with Gasteiger partial charge in [-0.15, -0.1) is 0 Å². The van der Waals surface area contributed by atoms with Gasteiger partial charge >= 0.3 is 0 Å². The van der Waals surface area contributed by atoms with Gasteiger partial charge in [-0.25, -0.2) is 0 Å². The molecule has 0 saturated carbocycles. The third kappa shape index (κ3) is 24.2. The second kappa shape index (κ2) is 32.4.